The van der Waals surface area contributed by atoms with Gasteiger partial charge >= 0.3 is 6.18 Å². The molecule has 3 aromatic heterocycles. The monoisotopic (exact) mass is 447 g/mol. The van der Waals surface area contributed by atoms with Gasteiger partial charge in [0.15, 0.2) is 11.7 Å². The van der Waals surface area contributed by atoms with Gasteiger partial charge < -0.3 is 15.1 Å². The van der Waals surface area contributed by atoms with E-state index in [2.05, 4.69) is 15.0 Å². The van der Waals surface area contributed by atoms with Crippen LogP contribution in [0.1, 0.15) is 44.4 Å². The molecule has 0 radical (unpaired) electrons. The van der Waals surface area contributed by atoms with Crippen LogP contribution in [-0.4, -0.2) is 39.1 Å². The van der Waals surface area contributed by atoms with Gasteiger partial charge in [0, 0.05) is 31.2 Å². The molecule has 0 aliphatic heterocycles. The number of rotatable bonds is 6. The Morgan fingerprint density at radius 2 is 1.81 bits per heavy atom. The fourth-order valence-corrected chi connectivity index (χ4v) is 4.36. The highest BCUT2D eigenvalue weighted by Crippen LogP contribution is 2.38. The van der Waals surface area contributed by atoms with E-state index in [1.54, 1.807) is 37.6 Å². The maximum atomic E-state index is 13.1. The normalized spacial score (nSPS) is 16.2. The second kappa shape index (κ2) is 8.40. The Morgan fingerprint density at radius 1 is 1.09 bits per heavy atom. The molecule has 1 fully saturated rings. The Morgan fingerprint density at radius 3 is 2.44 bits per heavy atom. The minimum Gasteiger partial charge on any atom is -0.439 e. The maximum Gasteiger partial charge on any atom is 0.390 e. The van der Waals surface area contributed by atoms with Gasteiger partial charge in [-0.15, -0.1) is 0 Å². The molecule has 4 rings (SSSR count). The molecule has 2 N–H and O–H groups in total. The molecule has 10 heteroatoms. The third kappa shape index (κ3) is 4.39. The number of hydrogen-bond donors (Lipinski definition) is 1. The van der Waals surface area contributed by atoms with Crippen molar-refractivity contribution in [1.82, 2.24) is 15.0 Å². The molecule has 0 saturated heterocycles. The molecule has 3 heterocycles. The lowest BCUT2D eigenvalue weighted by Crippen LogP contribution is -2.59. The molecule has 1 aliphatic rings. The number of oxazole rings is 1. The van der Waals surface area contributed by atoms with Crippen molar-refractivity contribution in [2.45, 2.75) is 57.2 Å². The molecule has 32 heavy (non-hydrogen) atoms. The van der Waals surface area contributed by atoms with Gasteiger partial charge in [-0.05, 0) is 30.4 Å². The number of anilines is 1. The maximum absolute atomic E-state index is 13.1. The number of nitrogens with two attached hydrogens (primary N) is 1. The van der Waals surface area contributed by atoms with Gasteiger partial charge in [0.05, 0.1) is 12.6 Å². The van der Waals surface area contributed by atoms with E-state index in [-0.39, 0.29) is 5.82 Å². The van der Waals surface area contributed by atoms with Crippen LogP contribution in [0.4, 0.5) is 19.0 Å². The lowest BCUT2D eigenvalue weighted by atomic mass is 9.79. The highest BCUT2D eigenvalue weighted by molar-refractivity contribution is 5.90. The second-order valence-corrected chi connectivity index (χ2v) is 8.18. The van der Waals surface area contributed by atoms with Gasteiger partial charge in [-0.3, -0.25) is 9.78 Å². The van der Waals surface area contributed by atoms with Crippen LogP contribution in [0.15, 0.2) is 35.1 Å². The van der Waals surface area contributed by atoms with E-state index in [1.807, 2.05) is 0 Å². The number of pyridine rings is 2. The van der Waals surface area contributed by atoms with Gasteiger partial charge in [0.1, 0.15) is 17.1 Å². The Kier molecular flexibility index (Phi) is 5.79. The number of nitrogens with zero attached hydrogens (tertiary/aromatic N) is 4. The molecular formula is C22H24F3N5O2. The largest absolute Gasteiger partial charge is 0.439 e. The first-order chi connectivity index (χ1) is 15.2. The molecule has 1 amide bonds. The van der Waals surface area contributed by atoms with E-state index in [0.29, 0.717) is 41.0 Å². The molecule has 1 saturated carbocycles. The van der Waals surface area contributed by atoms with Crippen molar-refractivity contribution >= 4 is 22.5 Å². The van der Waals surface area contributed by atoms with E-state index in [9.17, 15) is 18.0 Å². The van der Waals surface area contributed by atoms with Gasteiger partial charge in [0.25, 0.3) is 0 Å². The van der Waals surface area contributed by atoms with Crippen LogP contribution in [0.2, 0.25) is 0 Å². The van der Waals surface area contributed by atoms with E-state index >= 15 is 0 Å². The minimum atomic E-state index is -4.37. The average molecular weight is 447 g/mol. The zero-order chi connectivity index (χ0) is 22.9. The molecule has 0 aromatic carbocycles. The zero-order valence-electron chi connectivity index (χ0n) is 17.7. The number of alkyl halides is 3. The van der Waals surface area contributed by atoms with Crippen molar-refractivity contribution in [2.24, 2.45) is 5.73 Å². The van der Waals surface area contributed by atoms with Crippen molar-refractivity contribution in [1.29, 1.82) is 0 Å². The van der Waals surface area contributed by atoms with Crippen molar-refractivity contribution in [2.75, 3.05) is 11.4 Å². The topological polar surface area (TPSA) is 98.1 Å². The highest BCUT2D eigenvalue weighted by atomic mass is 19.4. The van der Waals surface area contributed by atoms with E-state index in [0.717, 1.165) is 19.3 Å². The fraction of sp³-hybridized carbons (Fsp3) is 0.455. The van der Waals surface area contributed by atoms with E-state index in [1.165, 1.54) is 4.90 Å². The summed E-state index contributed by atoms with van der Waals surface area (Å²) >= 11 is 0. The lowest BCUT2D eigenvalue weighted by Gasteiger charge is -2.45. The summed E-state index contributed by atoms with van der Waals surface area (Å²) in [7, 11) is 0. The van der Waals surface area contributed by atoms with Gasteiger partial charge in [0.2, 0.25) is 5.91 Å². The Balaban J connectivity index is 1.78. The van der Waals surface area contributed by atoms with Crippen LogP contribution in [0.5, 0.6) is 0 Å². The van der Waals surface area contributed by atoms with E-state index in [4.69, 9.17) is 10.2 Å². The number of halogens is 3. The first-order valence-electron chi connectivity index (χ1n) is 10.5. The summed E-state index contributed by atoms with van der Waals surface area (Å²) in [5, 5.41) is 1.42. The predicted molar refractivity (Wildman–Crippen MR) is 113 cm³/mol. The molecule has 0 atom stereocenters. The van der Waals surface area contributed by atoms with Crippen LogP contribution in [-0.2, 0) is 4.79 Å². The second-order valence-electron chi connectivity index (χ2n) is 8.18. The number of carbonyl (C=O) groups is 1. The number of aryl methyl sites for hydroxylation is 1. The fourth-order valence-electron chi connectivity index (χ4n) is 4.36. The van der Waals surface area contributed by atoms with Gasteiger partial charge in [-0.2, -0.15) is 13.2 Å². The SMILES string of the molecule is Cc1ncc(-c2cc3cc(N(CCC(F)(F)F)C4(C(N)=O)CCCCC4)ncc3cn2)o1. The minimum absolute atomic E-state index is 0.286. The highest BCUT2D eigenvalue weighted by Gasteiger charge is 2.45. The average Bonchev–Trinajstić information content (AvgIpc) is 3.19. The van der Waals surface area contributed by atoms with Crippen LogP contribution < -0.4 is 10.6 Å². The summed E-state index contributed by atoms with van der Waals surface area (Å²) in [5.74, 6) is 0.649. The Labute approximate surface area is 182 Å². The Bertz CT molecular complexity index is 1120. The molecule has 170 valence electrons. The number of aromatic nitrogens is 3. The van der Waals surface area contributed by atoms with Crippen molar-refractivity contribution in [3.05, 3.63) is 36.6 Å². The van der Waals surface area contributed by atoms with Crippen LogP contribution in [0, 0.1) is 6.92 Å². The van der Waals surface area contributed by atoms with Gasteiger partial charge in [-0.1, -0.05) is 19.3 Å². The molecular weight excluding hydrogens is 423 g/mol. The van der Waals surface area contributed by atoms with E-state index < -0.39 is 30.6 Å². The number of hydrogen-bond acceptors (Lipinski definition) is 6. The Hall–Kier alpha value is -3.17. The summed E-state index contributed by atoms with van der Waals surface area (Å²) in [4.78, 5) is 26.8. The molecule has 0 unspecified atom stereocenters. The third-order valence-electron chi connectivity index (χ3n) is 6.01. The number of fused-ring (bicyclic) bond motifs is 1. The summed E-state index contributed by atoms with van der Waals surface area (Å²) in [6, 6.07) is 3.44. The molecule has 0 bridgehead atoms. The van der Waals surface area contributed by atoms with Crippen LogP contribution in [0.3, 0.4) is 0 Å². The molecule has 7 nitrogen and oxygen atoms in total. The third-order valence-corrected chi connectivity index (χ3v) is 6.01. The summed E-state index contributed by atoms with van der Waals surface area (Å²) < 4.78 is 44.9. The quantitative estimate of drug-likeness (QED) is 0.596. The van der Waals surface area contributed by atoms with Crippen molar-refractivity contribution in [3.8, 4) is 11.5 Å². The standard InChI is InChI=1S/C22H24F3N5O2/c1-14-27-13-18(32-14)17-9-15-10-19(29-12-16(15)11-28-17)30(8-7-22(23,24)25)21(20(26)31)5-3-2-4-6-21/h9-13H,2-8H2,1H3,(H2,26,31). The lowest BCUT2D eigenvalue weighted by molar-refractivity contribution is -0.135. The molecule has 1 aliphatic carbocycles. The summed E-state index contributed by atoms with van der Waals surface area (Å²) in [5.41, 5.74) is 5.12. The zero-order valence-corrected chi connectivity index (χ0v) is 17.7. The summed E-state index contributed by atoms with van der Waals surface area (Å²) in [6.45, 7) is 1.32. The smallest absolute Gasteiger partial charge is 0.390 e. The molecule has 3 aromatic rings. The summed E-state index contributed by atoms with van der Waals surface area (Å²) in [6.07, 6.45) is 2.44. The number of primary amides is 1. The molecule has 0 spiro atoms. The van der Waals surface area contributed by atoms with Crippen LogP contribution >= 0.6 is 0 Å². The first-order valence-corrected chi connectivity index (χ1v) is 10.5. The van der Waals surface area contributed by atoms with Crippen LogP contribution in [0.25, 0.3) is 22.2 Å². The number of amides is 1. The predicted octanol–water partition coefficient (Wildman–Crippen LogP) is 4.54. The van der Waals surface area contributed by atoms with Crippen molar-refractivity contribution in [3.63, 3.8) is 0 Å². The first kappa shape index (κ1) is 22.0. The van der Waals surface area contributed by atoms with Gasteiger partial charge in [-0.25, -0.2) is 9.97 Å². The van der Waals surface area contributed by atoms with Crippen molar-refractivity contribution < 1.29 is 22.4 Å². The number of carbonyl (C=O) groups excluding carboxylic acids is 1.